The lowest BCUT2D eigenvalue weighted by atomic mass is 10.2. The van der Waals surface area contributed by atoms with Gasteiger partial charge in [0.2, 0.25) is 11.6 Å². The standard InChI is InChI=1S/C30H36FN9O5S2/c1-20-18-25(36-35-20)32-28-27(45-4)29(39-16-14-38(15-17-39)13-12-37(2)3)34-30(33-28)46-22-8-10-23(11-9-22)47(43,44)19-21-6-5-7-24(26(21)31)40(41)42/h5-11,18H,12-17,19H2,1-4H3,(H2,32,33,34,35,36). The zero-order chi connectivity index (χ0) is 33.7. The minimum Gasteiger partial charge on any atom is -0.490 e. The van der Waals surface area contributed by atoms with Gasteiger partial charge in [-0.05, 0) is 57.0 Å². The lowest BCUT2D eigenvalue weighted by Crippen LogP contribution is -2.48. The van der Waals surface area contributed by atoms with Crippen LogP contribution in [-0.2, 0) is 15.6 Å². The summed E-state index contributed by atoms with van der Waals surface area (Å²) in [6, 6.07) is 11.4. The first-order chi connectivity index (χ1) is 22.4. The van der Waals surface area contributed by atoms with Crippen molar-refractivity contribution in [1.29, 1.82) is 0 Å². The molecule has 1 aliphatic rings. The van der Waals surface area contributed by atoms with E-state index in [2.05, 4.69) is 44.3 Å². The van der Waals surface area contributed by atoms with E-state index in [4.69, 9.17) is 14.7 Å². The van der Waals surface area contributed by atoms with Crippen LogP contribution in [0, 0.1) is 22.9 Å². The summed E-state index contributed by atoms with van der Waals surface area (Å²) in [5, 5.41) is 21.9. The average Bonchev–Trinajstić information content (AvgIpc) is 3.45. The number of nitro groups is 1. The summed E-state index contributed by atoms with van der Waals surface area (Å²) < 4.78 is 46.6. The molecule has 5 rings (SSSR count). The third-order valence-corrected chi connectivity index (χ3v) is 10.1. The molecule has 3 heterocycles. The molecule has 14 nitrogen and oxygen atoms in total. The van der Waals surface area contributed by atoms with Crippen LogP contribution in [0.2, 0.25) is 0 Å². The second-order valence-electron chi connectivity index (χ2n) is 11.2. The van der Waals surface area contributed by atoms with E-state index in [1.54, 1.807) is 19.2 Å². The quantitative estimate of drug-likeness (QED) is 0.118. The van der Waals surface area contributed by atoms with E-state index >= 15 is 0 Å². The fourth-order valence-electron chi connectivity index (χ4n) is 5.01. The van der Waals surface area contributed by atoms with Crippen LogP contribution >= 0.6 is 11.8 Å². The van der Waals surface area contributed by atoms with Gasteiger partial charge in [-0.25, -0.2) is 18.4 Å². The van der Waals surface area contributed by atoms with Crippen LogP contribution in [0.5, 0.6) is 5.75 Å². The van der Waals surface area contributed by atoms with Gasteiger partial charge in [-0.3, -0.25) is 20.1 Å². The minimum absolute atomic E-state index is 0.0486. The molecule has 2 aromatic heterocycles. The van der Waals surface area contributed by atoms with Gasteiger partial charge in [0, 0.05) is 67.6 Å². The number of hydrogen-bond donors (Lipinski definition) is 2. The van der Waals surface area contributed by atoms with Crippen molar-refractivity contribution < 1.29 is 22.5 Å². The Morgan fingerprint density at radius 1 is 1.13 bits per heavy atom. The molecule has 17 heteroatoms. The van der Waals surface area contributed by atoms with Gasteiger partial charge in [-0.1, -0.05) is 12.1 Å². The zero-order valence-electron chi connectivity index (χ0n) is 26.4. The Morgan fingerprint density at radius 2 is 1.85 bits per heavy atom. The summed E-state index contributed by atoms with van der Waals surface area (Å²) in [5.41, 5.74) is -0.180. The van der Waals surface area contributed by atoms with Gasteiger partial charge in [-0.2, -0.15) is 9.49 Å². The first kappa shape index (κ1) is 34.0. The predicted octanol–water partition coefficient (Wildman–Crippen LogP) is 4.12. The van der Waals surface area contributed by atoms with Gasteiger partial charge in [-0.15, -0.1) is 0 Å². The number of aromatic amines is 1. The highest BCUT2D eigenvalue weighted by Crippen LogP contribution is 2.38. The third-order valence-electron chi connectivity index (χ3n) is 7.51. The Morgan fingerprint density at radius 3 is 2.47 bits per heavy atom. The molecule has 0 amide bonds. The van der Waals surface area contributed by atoms with Crippen molar-refractivity contribution in [2.24, 2.45) is 0 Å². The molecule has 1 aliphatic heterocycles. The summed E-state index contributed by atoms with van der Waals surface area (Å²) in [4.78, 5) is 27.2. The molecule has 0 saturated carbocycles. The first-order valence-electron chi connectivity index (χ1n) is 14.7. The maximum atomic E-state index is 14.6. The van der Waals surface area contributed by atoms with Gasteiger partial charge >= 0.3 is 5.69 Å². The predicted molar refractivity (Wildman–Crippen MR) is 177 cm³/mol. The Labute approximate surface area is 276 Å². The first-order valence-corrected chi connectivity index (χ1v) is 17.2. The van der Waals surface area contributed by atoms with Gasteiger partial charge < -0.3 is 19.9 Å². The van der Waals surface area contributed by atoms with Crippen molar-refractivity contribution in [3.63, 3.8) is 0 Å². The van der Waals surface area contributed by atoms with Gasteiger partial charge in [0.1, 0.15) is 0 Å². The highest BCUT2D eigenvalue weighted by Gasteiger charge is 2.26. The smallest absolute Gasteiger partial charge is 0.305 e. The SMILES string of the molecule is COc1c(Nc2cc(C)[nH]n2)nc(Sc2ccc(S(=O)(=O)Cc3cccc([N+](=O)[O-])c3F)cc2)nc1N1CCN(CCN(C)C)CC1. The van der Waals surface area contributed by atoms with Crippen LogP contribution in [0.4, 0.5) is 27.5 Å². The normalized spacial score (nSPS) is 14.0. The zero-order valence-corrected chi connectivity index (χ0v) is 28.1. The number of methoxy groups -OCH3 is 1. The minimum atomic E-state index is -4.00. The van der Waals surface area contributed by atoms with E-state index in [1.807, 2.05) is 13.0 Å². The van der Waals surface area contributed by atoms with Crippen molar-refractivity contribution in [1.82, 2.24) is 30.0 Å². The van der Waals surface area contributed by atoms with Crippen LogP contribution in [0.15, 0.2) is 63.5 Å². The Kier molecular flexibility index (Phi) is 10.6. The molecule has 0 atom stereocenters. The molecule has 0 spiro atoms. The van der Waals surface area contributed by atoms with Crippen LogP contribution in [0.3, 0.4) is 0 Å². The van der Waals surface area contributed by atoms with Crippen LogP contribution < -0.4 is 15.0 Å². The molecule has 2 aromatic carbocycles. The number of nitrogens with one attached hydrogen (secondary N) is 2. The van der Waals surface area contributed by atoms with Crippen molar-refractivity contribution in [2.45, 2.75) is 27.6 Å². The fourth-order valence-corrected chi connectivity index (χ4v) is 7.11. The summed E-state index contributed by atoms with van der Waals surface area (Å²) >= 11 is 1.24. The fraction of sp³-hybridized carbons (Fsp3) is 0.367. The third kappa shape index (κ3) is 8.34. The number of likely N-dealkylation sites (N-methyl/N-ethyl adjacent to an activating group) is 1. The molecule has 47 heavy (non-hydrogen) atoms. The topological polar surface area (TPSA) is 163 Å². The van der Waals surface area contributed by atoms with E-state index < -0.39 is 32.0 Å². The number of aryl methyl sites for hydroxylation is 1. The van der Waals surface area contributed by atoms with Crippen LogP contribution in [-0.4, -0.2) is 104 Å². The highest BCUT2D eigenvalue weighted by atomic mass is 32.2. The summed E-state index contributed by atoms with van der Waals surface area (Å²) in [5.74, 6) is 0.216. The molecule has 0 bridgehead atoms. The molecule has 0 radical (unpaired) electrons. The molecule has 2 N–H and O–H groups in total. The average molecular weight is 686 g/mol. The summed E-state index contributed by atoms with van der Waals surface area (Å²) in [7, 11) is 1.69. The molecule has 0 unspecified atom stereocenters. The van der Waals surface area contributed by atoms with Crippen molar-refractivity contribution in [2.75, 3.05) is 70.7 Å². The van der Waals surface area contributed by atoms with E-state index in [0.29, 0.717) is 33.3 Å². The Balaban J connectivity index is 1.39. The Hall–Kier alpha value is -4.32. The van der Waals surface area contributed by atoms with Crippen LogP contribution in [0.1, 0.15) is 11.3 Å². The van der Waals surface area contributed by atoms with Gasteiger partial charge in [0.15, 0.2) is 32.4 Å². The maximum absolute atomic E-state index is 14.6. The second-order valence-corrected chi connectivity index (χ2v) is 14.3. The number of benzene rings is 2. The highest BCUT2D eigenvalue weighted by molar-refractivity contribution is 7.99. The van der Waals surface area contributed by atoms with E-state index in [1.165, 1.54) is 36.0 Å². The van der Waals surface area contributed by atoms with Crippen molar-refractivity contribution >= 4 is 44.7 Å². The molecule has 1 saturated heterocycles. The van der Waals surface area contributed by atoms with E-state index in [0.717, 1.165) is 51.0 Å². The van der Waals surface area contributed by atoms with Crippen molar-refractivity contribution in [3.8, 4) is 5.75 Å². The monoisotopic (exact) mass is 685 g/mol. The van der Waals surface area contributed by atoms with Gasteiger partial charge in [0.25, 0.3) is 0 Å². The van der Waals surface area contributed by atoms with E-state index in [-0.39, 0.29) is 10.5 Å². The number of H-pyrrole nitrogens is 1. The molecule has 4 aromatic rings. The molecule has 0 aliphatic carbocycles. The number of halogens is 1. The number of sulfone groups is 1. The largest absolute Gasteiger partial charge is 0.490 e. The molecule has 1 fully saturated rings. The Bertz CT molecular complexity index is 1830. The lowest BCUT2D eigenvalue weighted by Gasteiger charge is -2.36. The van der Waals surface area contributed by atoms with E-state index in [9.17, 15) is 22.9 Å². The van der Waals surface area contributed by atoms with Crippen LogP contribution in [0.25, 0.3) is 0 Å². The number of rotatable bonds is 13. The lowest BCUT2D eigenvalue weighted by molar-refractivity contribution is -0.387. The number of ether oxygens (including phenoxy) is 1. The number of aromatic nitrogens is 4. The summed E-state index contributed by atoms with van der Waals surface area (Å²) in [6.45, 7) is 7.04. The number of nitro benzene ring substituents is 1. The number of nitrogens with zero attached hydrogens (tertiary/aromatic N) is 7. The number of hydrogen-bond acceptors (Lipinski definition) is 13. The van der Waals surface area contributed by atoms with Gasteiger partial charge in [0.05, 0.1) is 22.7 Å². The number of anilines is 3. The second kappa shape index (κ2) is 14.6. The molecular weight excluding hydrogens is 650 g/mol. The molecule has 250 valence electrons. The number of piperazine rings is 1. The maximum Gasteiger partial charge on any atom is 0.305 e. The summed E-state index contributed by atoms with van der Waals surface area (Å²) in [6.07, 6.45) is 0. The van der Waals surface area contributed by atoms with Crippen molar-refractivity contribution in [3.05, 3.63) is 75.7 Å². The molecular formula is C30H36FN9O5S2.